The molecule has 1 saturated heterocycles. The Hall–Kier alpha value is -0.920. The van der Waals surface area contributed by atoms with Crippen molar-refractivity contribution in [1.82, 2.24) is 4.31 Å². The van der Waals surface area contributed by atoms with Crippen molar-refractivity contribution < 1.29 is 18.3 Å². The zero-order valence-corrected chi connectivity index (χ0v) is 14.2. The Morgan fingerprint density at radius 1 is 1.33 bits per heavy atom. The van der Waals surface area contributed by atoms with Gasteiger partial charge in [-0.2, -0.15) is 4.31 Å². The second-order valence-electron chi connectivity index (χ2n) is 6.30. The minimum Gasteiger partial charge on any atom is -0.477 e. The summed E-state index contributed by atoms with van der Waals surface area (Å²) in [6, 6.07) is 0. The number of hydrogen-bond donors (Lipinski definition) is 1. The Bertz CT molecular complexity index is 646. The fraction of sp³-hybridized carbons (Fsp3) is 0.643. The minimum absolute atomic E-state index is 0.0280. The standard InChI is InChI=1S/C14H21NO4S2/c1-10-9-20-11(13(16)17)12(10)21(18,19)15-7-4-5-14(2,3)6-8-15/h9H,4-8H2,1-3H3,(H,16,17). The van der Waals surface area contributed by atoms with Gasteiger partial charge in [0.25, 0.3) is 0 Å². The summed E-state index contributed by atoms with van der Waals surface area (Å²) in [4.78, 5) is 11.1. The van der Waals surface area contributed by atoms with Gasteiger partial charge in [-0.1, -0.05) is 13.8 Å². The molecule has 1 aromatic rings. The van der Waals surface area contributed by atoms with Crippen LogP contribution < -0.4 is 0 Å². The van der Waals surface area contributed by atoms with Crippen molar-refractivity contribution in [2.75, 3.05) is 13.1 Å². The fourth-order valence-corrected chi connectivity index (χ4v) is 5.73. The highest BCUT2D eigenvalue weighted by atomic mass is 32.2. The van der Waals surface area contributed by atoms with Crippen molar-refractivity contribution in [2.45, 2.75) is 44.9 Å². The zero-order chi connectivity index (χ0) is 15.8. The van der Waals surface area contributed by atoms with Gasteiger partial charge in [0.2, 0.25) is 10.0 Å². The fourth-order valence-electron chi connectivity index (χ4n) is 2.67. The smallest absolute Gasteiger partial charge is 0.347 e. The topological polar surface area (TPSA) is 74.7 Å². The quantitative estimate of drug-likeness (QED) is 0.924. The summed E-state index contributed by atoms with van der Waals surface area (Å²) in [7, 11) is -3.74. The number of nitrogens with zero attached hydrogens (tertiary/aromatic N) is 1. The van der Waals surface area contributed by atoms with Crippen molar-refractivity contribution in [3.63, 3.8) is 0 Å². The van der Waals surface area contributed by atoms with E-state index in [2.05, 4.69) is 13.8 Å². The van der Waals surface area contributed by atoms with Gasteiger partial charge in [-0.25, -0.2) is 13.2 Å². The largest absolute Gasteiger partial charge is 0.477 e. The van der Waals surface area contributed by atoms with Gasteiger partial charge < -0.3 is 5.11 Å². The molecule has 2 heterocycles. The molecule has 0 spiro atoms. The highest BCUT2D eigenvalue weighted by Gasteiger charge is 2.34. The van der Waals surface area contributed by atoms with Crippen LogP contribution in [0, 0.1) is 12.3 Å². The van der Waals surface area contributed by atoms with Gasteiger partial charge in [-0.15, -0.1) is 11.3 Å². The third-order valence-electron chi connectivity index (χ3n) is 4.01. The van der Waals surface area contributed by atoms with Gasteiger partial charge in [-0.05, 0) is 42.5 Å². The van der Waals surface area contributed by atoms with Crippen LogP contribution in [-0.4, -0.2) is 36.9 Å². The van der Waals surface area contributed by atoms with Gasteiger partial charge >= 0.3 is 5.97 Å². The third-order valence-corrected chi connectivity index (χ3v) is 7.31. The first-order valence-corrected chi connectivity index (χ1v) is 9.29. The molecule has 1 N–H and O–H groups in total. The summed E-state index contributed by atoms with van der Waals surface area (Å²) in [5.41, 5.74) is 0.643. The monoisotopic (exact) mass is 331 g/mol. The van der Waals surface area contributed by atoms with Crippen molar-refractivity contribution in [3.8, 4) is 0 Å². The first-order chi connectivity index (χ1) is 9.65. The van der Waals surface area contributed by atoms with Crippen LogP contribution in [0.1, 0.15) is 48.3 Å². The Morgan fingerprint density at radius 3 is 2.62 bits per heavy atom. The molecule has 1 aliphatic rings. The predicted molar refractivity (Wildman–Crippen MR) is 82.4 cm³/mol. The molecule has 118 valence electrons. The first-order valence-electron chi connectivity index (χ1n) is 6.97. The Kier molecular flexibility index (Phi) is 4.46. The number of carboxylic acids is 1. The van der Waals surface area contributed by atoms with Gasteiger partial charge in [0.15, 0.2) is 0 Å². The average Bonchev–Trinajstić information content (AvgIpc) is 2.65. The molecule has 7 heteroatoms. The SMILES string of the molecule is Cc1csc(C(=O)O)c1S(=O)(=O)N1CCCC(C)(C)CC1. The maximum atomic E-state index is 12.8. The van der Waals surface area contributed by atoms with Crippen LogP contribution in [0.2, 0.25) is 0 Å². The van der Waals surface area contributed by atoms with E-state index in [9.17, 15) is 18.3 Å². The van der Waals surface area contributed by atoms with Gasteiger partial charge in [0, 0.05) is 13.1 Å². The lowest BCUT2D eigenvalue weighted by Gasteiger charge is -2.23. The summed E-state index contributed by atoms with van der Waals surface area (Å²) < 4.78 is 27.1. The average molecular weight is 331 g/mol. The van der Waals surface area contributed by atoms with Crippen LogP contribution in [-0.2, 0) is 10.0 Å². The van der Waals surface area contributed by atoms with Crippen molar-refractivity contribution >= 4 is 27.3 Å². The van der Waals surface area contributed by atoms with E-state index in [-0.39, 0.29) is 15.2 Å². The molecule has 2 rings (SSSR count). The van der Waals surface area contributed by atoms with E-state index in [0.717, 1.165) is 30.6 Å². The molecule has 1 fully saturated rings. The molecular weight excluding hydrogens is 310 g/mol. The molecule has 0 aromatic carbocycles. The molecule has 5 nitrogen and oxygen atoms in total. The Labute approximate surface area is 129 Å². The maximum absolute atomic E-state index is 12.8. The van der Waals surface area contributed by atoms with E-state index in [1.165, 1.54) is 4.31 Å². The lowest BCUT2D eigenvalue weighted by atomic mass is 9.85. The van der Waals surface area contributed by atoms with Crippen molar-refractivity contribution in [2.24, 2.45) is 5.41 Å². The third kappa shape index (κ3) is 3.30. The van der Waals surface area contributed by atoms with E-state index in [4.69, 9.17) is 0 Å². The normalized spacial score (nSPS) is 20.1. The number of aryl methyl sites for hydroxylation is 1. The van der Waals surface area contributed by atoms with Crippen LogP contribution in [0.5, 0.6) is 0 Å². The number of sulfonamides is 1. The summed E-state index contributed by atoms with van der Waals surface area (Å²) in [5.74, 6) is -1.18. The number of carboxylic acid groups (broad SMARTS) is 1. The highest BCUT2D eigenvalue weighted by molar-refractivity contribution is 7.89. The Morgan fingerprint density at radius 2 is 2.00 bits per heavy atom. The van der Waals surface area contributed by atoms with Crippen LogP contribution in [0.4, 0.5) is 0 Å². The molecule has 1 aromatic heterocycles. The minimum atomic E-state index is -3.74. The summed E-state index contributed by atoms with van der Waals surface area (Å²) in [5, 5.41) is 10.8. The van der Waals surface area contributed by atoms with Crippen LogP contribution >= 0.6 is 11.3 Å². The van der Waals surface area contributed by atoms with Crippen LogP contribution in [0.3, 0.4) is 0 Å². The summed E-state index contributed by atoms with van der Waals surface area (Å²) in [6.45, 7) is 6.84. The molecule has 0 aliphatic carbocycles. The van der Waals surface area contributed by atoms with Gasteiger partial charge in [0.1, 0.15) is 9.77 Å². The molecule has 21 heavy (non-hydrogen) atoms. The Balaban J connectivity index is 2.39. The lowest BCUT2D eigenvalue weighted by Crippen LogP contribution is -2.33. The lowest BCUT2D eigenvalue weighted by molar-refractivity contribution is 0.0698. The summed E-state index contributed by atoms with van der Waals surface area (Å²) in [6.07, 6.45) is 2.57. The van der Waals surface area contributed by atoms with E-state index in [1.54, 1.807) is 12.3 Å². The van der Waals surface area contributed by atoms with Crippen LogP contribution in [0.25, 0.3) is 0 Å². The van der Waals surface area contributed by atoms with Crippen molar-refractivity contribution in [1.29, 1.82) is 0 Å². The number of hydrogen-bond acceptors (Lipinski definition) is 4. The molecule has 0 amide bonds. The molecule has 0 unspecified atom stereocenters. The van der Waals surface area contributed by atoms with E-state index >= 15 is 0 Å². The molecular formula is C14H21NO4S2. The first kappa shape index (κ1) is 16.5. The van der Waals surface area contributed by atoms with E-state index in [1.807, 2.05) is 0 Å². The number of carbonyl (C=O) groups is 1. The number of rotatable bonds is 3. The second-order valence-corrected chi connectivity index (χ2v) is 9.06. The maximum Gasteiger partial charge on any atom is 0.347 e. The van der Waals surface area contributed by atoms with Crippen molar-refractivity contribution in [3.05, 3.63) is 15.8 Å². The molecule has 0 saturated carbocycles. The molecule has 0 bridgehead atoms. The second kappa shape index (κ2) is 5.70. The summed E-state index contributed by atoms with van der Waals surface area (Å²) >= 11 is 0.975. The van der Waals surface area contributed by atoms with E-state index in [0.29, 0.717) is 18.7 Å². The number of thiophene rings is 1. The number of aromatic carboxylic acids is 1. The molecule has 0 atom stereocenters. The zero-order valence-electron chi connectivity index (χ0n) is 12.5. The van der Waals surface area contributed by atoms with Gasteiger partial charge in [0.05, 0.1) is 0 Å². The highest BCUT2D eigenvalue weighted by Crippen LogP contribution is 2.34. The molecule has 1 aliphatic heterocycles. The predicted octanol–water partition coefficient (Wildman–Crippen LogP) is 2.96. The van der Waals surface area contributed by atoms with Gasteiger partial charge in [-0.3, -0.25) is 0 Å². The molecule has 0 radical (unpaired) electrons. The van der Waals surface area contributed by atoms with Crippen LogP contribution in [0.15, 0.2) is 10.3 Å². The van der Waals surface area contributed by atoms with E-state index < -0.39 is 16.0 Å².